The van der Waals surface area contributed by atoms with E-state index in [2.05, 4.69) is 26.6 Å². The van der Waals surface area contributed by atoms with Gasteiger partial charge in [0.1, 0.15) is 0 Å². The summed E-state index contributed by atoms with van der Waals surface area (Å²) in [5.74, 6) is 2.41. The summed E-state index contributed by atoms with van der Waals surface area (Å²) in [6, 6.07) is 1.13. The molecule has 0 fully saturated rings. The summed E-state index contributed by atoms with van der Waals surface area (Å²) in [7, 11) is -3.51. The molecule has 0 aliphatic rings. The maximum atomic E-state index is 12.0. The fourth-order valence-corrected chi connectivity index (χ4v) is 4.84. The van der Waals surface area contributed by atoms with E-state index in [1.165, 1.54) is 11.3 Å². The van der Waals surface area contributed by atoms with Crippen LogP contribution in [-0.2, 0) is 10.0 Å². The molecule has 1 unspecified atom stereocenters. The summed E-state index contributed by atoms with van der Waals surface area (Å²) in [5.41, 5.74) is 0. The highest BCUT2D eigenvalue weighted by molar-refractivity contribution is 9.11. The van der Waals surface area contributed by atoms with Crippen LogP contribution in [0.2, 0.25) is 0 Å². The second-order valence-corrected chi connectivity index (χ2v) is 7.54. The van der Waals surface area contributed by atoms with Crippen LogP contribution in [0.3, 0.4) is 0 Å². The van der Waals surface area contributed by atoms with Crippen LogP contribution in [0.5, 0.6) is 0 Å². The number of rotatable bonds is 4. The largest absolute Gasteiger partial charge is 0.242 e. The van der Waals surface area contributed by atoms with Gasteiger partial charge in [0.25, 0.3) is 0 Å². The predicted molar refractivity (Wildman–Crippen MR) is 70.0 cm³/mol. The Morgan fingerprint density at radius 2 is 2.31 bits per heavy atom. The predicted octanol–water partition coefficient (Wildman–Crippen LogP) is 2.51. The molecule has 0 aromatic carbocycles. The van der Waals surface area contributed by atoms with Crippen LogP contribution in [0, 0.1) is 19.3 Å². The average Bonchev–Trinajstić information content (AvgIpc) is 2.55. The van der Waals surface area contributed by atoms with Gasteiger partial charge in [0.15, 0.2) is 0 Å². The Morgan fingerprint density at radius 1 is 1.69 bits per heavy atom. The average molecular weight is 322 g/mol. The maximum absolute atomic E-state index is 12.0. The van der Waals surface area contributed by atoms with E-state index in [1.807, 2.05) is 6.92 Å². The standard InChI is InChI=1S/C10H12BrNO2S2/c1-4-8(5-2)12-16(13,14)9-6-10(11)15-7(9)3/h1,6,8,12H,5H2,2-3H3. The lowest BCUT2D eigenvalue weighted by molar-refractivity contribution is 0.570. The summed E-state index contributed by atoms with van der Waals surface area (Å²) in [4.78, 5) is 1.03. The number of hydrogen-bond acceptors (Lipinski definition) is 3. The van der Waals surface area contributed by atoms with Crippen molar-refractivity contribution in [1.82, 2.24) is 4.72 Å². The van der Waals surface area contributed by atoms with Gasteiger partial charge < -0.3 is 0 Å². The molecular formula is C10H12BrNO2S2. The minimum absolute atomic E-state index is 0.290. The van der Waals surface area contributed by atoms with Gasteiger partial charge in [-0.2, -0.15) is 4.72 Å². The van der Waals surface area contributed by atoms with Crippen molar-refractivity contribution >= 4 is 37.3 Å². The van der Waals surface area contributed by atoms with Crippen molar-refractivity contribution in [2.24, 2.45) is 0 Å². The molecular weight excluding hydrogens is 310 g/mol. The van der Waals surface area contributed by atoms with Crippen LogP contribution < -0.4 is 4.72 Å². The topological polar surface area (TPSA) is 46.2 Å². The molecule has 1 rings (SSSR count). The summed E-state index contributed by atoms with van der Waals surface area (Å²) in [6.07, 6.45) is 5.80. The van der Waals surface area contributed by atoms with E-state index < -0.39 is 16.1 Å². The molecule has 1 aromatic heterocycles. The zero-order valence-corrected chi connectivity index (χ0v) is 12.2. The Balaban J connectivity index is 3.04. The summed E-state index contributed by atoms with van der Waals surface area (Å²) < 4.78 is 27.2. The van der Waals surface area contributed by atoms with Gasteiger partial charge in [-0.15, -0.1) is 17.8 Å². The molecule has 0 spiro atoms. The van der Waals surface area contributed by atoms with Gasteiger partial charge in [0, 0.05) is 4.88 Å². The van der Waals surface area contributed by atoms with Crippen LogP contribution in [0.15, 0.2) is 14.7 Å². The highest BCUT2D eigenvalue weighted by atomic mass is 79.9. The van der Waals surface area contributed by atoms with Crippen molar-refractivity contribution in [3.63, 3.8) is 0 Å². The molecule has 0 radical (unpaired) electrons. The summed E-state index contributed by atoms with van der Waals surface area (Å²) in [6.45, 7) is 3.60. The van der Waals surface area contributed by atoms with Crippen molar-refractivity contribution in [2.45, 2.75) is 31.2 Å². The minimum Gasteiger partial charge on any atom is -0.207 e. The molecule has 3 nitrogen and oxygen atoms in total. The molecule has 1 aromatic rings. The quantitative estimate of drug-likeness (QED) is 0.866. The second-order valence-electron chi connectivity index (χ2n) is 3.22. The number of nitrogens with one attached hydrogen (secondary N) is 1. The van der Waals surface area contributed by atoms with E-state index in [4.69, 9.17) is 6.42 Å². The lowest BCUT2D eigenvalue weighted by Crippen LogP contribution is -2.33. The second kappa shape index (κ2) is 5.32. The first-order valence-electron chi connectivity index (χ1n) is 4.65. The molecule has 1 heterocycles. The molecule has 16 heavy (non-hydrogen) atoms. The lowest BCUT2D eigenvalue weighted by atomic mass is 10.3. The van der Waals surface area contributed by atoms with Crippen molar-refractivity contribution in [2.75, 3.05) is 0 Å². The zero-order chi connectivity index (χ0) is 12.3. The molecule has 1 N–H and O–H groups in total. The van der Waals surface area contributed by atoms with E-state index in [0.29, 0.717) is 6.42 Å². The molecule has 0 bridgehead atoms. The molecule has 0 amide bonds. The lowest BCUT2D eigenvalue weighted by Gasteiger charge is -2.10. The van der Waals surface area contributed by atoms with Gasteiger partial charge in [-0.1, -0.05) is 12.8 Å². The van der Waals surface area contributed by atoms with E-state index in [0.717, 1.165) is 8.66 Å². The maximum Gasteiger partial charge on any atom is 0.242 e. The minimum atomic E-state index is -3.51. The first kappa shape index (κ1) is 13.7. The van der Waals surface area contributed by atoms with Crippen LogP contribution >= 0.6 is 27.3 Å². The van der Waals surface area contributed by atoms with Gasteiger partial charge in [0.05, 0.1) is 14.7 Å². The third-order valence-corrected chi connectivity index (χ3v) is 5.32. The van der Waals surface area contributed by atoms with Gasteiger partial charge in [0.2, 0.25) is 10.0 Å². The Morgan fingerprint density at radius 3 is 2.69 bits per heavy atom. The highest BCUT2D eigenvalue weighted by Gasteiger charge is 2.21. The Hall–Kier alpha value is -0.350. The molecule has 0 aliphatic heterocycles. The first-order valence-corrected chi connectivity index (χ1v) is 7.74. The molecule has 0 aliphatic carbocycles. The molecule has 0 saturated carbocycles. The summed E-state index contributed by atoms with van der Waals surface area (Å²) >= 11 is 4.65. The SMILES string of the molecule is C#CC(CC)NS(=O)(=O)c1cc(Br)sc1C. The number of halogens is 1. The Kier molecular flexibility index (Phi) is 4.56. The fraction of sp³-hybridized carbons (Fsp3) is 0.400. The Bertz CT molecular complexity index is 513. The van der Waals surface area contributed by atoms with E-state index >= 15 is 0 Å². The molecule has 6 heteroatoms. The van der Waals surface area contributed by atoms with Gasteiger partial charge in [-0.05, 0) is 35.3 Å². The van der Waals surface area contributed by atoms with Crippen LogP contribution in [-0.4, -0.2) is 14.5 Å². The van der Waals surface area contributed by atoms with Crippen molar-refractivity contribution < 1.29 is 8.42 Å². The third kappa shape index (κ3) is 3.08. The van der Waals surface area contributed by atoms with E-state index in [9.17, 15) is 8.42 Å². The van der Waals surface area contributed by atoms with E-state index in [-0.39, 0.29) is 4.90 Å². The number of hydrogen-bond donors (Lipinski definition) is 1. The fourth-order valence-electron chi connectivity index (χ4n) is 1.18. The van der Waals surface area contributed by atoms with Crippen LogP contribution in [0.1, 0.15) is 18.2 Å². The molecule has 88 valence electrons. The number of sulfonamides is 1. The van der Waals surface area contributed by atoms with Gasteiger partial charge in [-0.25, -0.2) is 8.42 Å². The van der Waals surface area contributed by atoms with Crippen molar-refractivity contribution in [3.8, 4) is 12.3 Å². The number of terminal acetylenes is 1. The molecule has 1 atom stereocenters. The monoisotopic (exact) mass is 321 g/mol. The van der Waals surface area contributed by atoms with Gasteiger partial charge in [-0.3, -0.25) is 0 Å². The van der Waals surface area contributed by atoms with Crippen molar-refractivity contribution in [3.05, 3.63) is 14.7 Å². The van der Waals surface area contributed by atoms with E-state index in [1.54, 1.807) is 13.0 Å². The smallest absolute Gasteiger partial charge is 0.207 e. The van der Waals surface area contributed by atoms with Crippen molar-refractivity contribution in [1.29, 1.82) is 0 Å². The van der Waals surface area contributed by atoms with Crippen LogP contribution in [0.25, 0.3) is 0 Å². The summed E-state index contributed by atoms with van der Waals surface area (Å²) in [5, 5.41) is 0. The number of thiophene rings is 1. The Labute approximate surface area is 108 Å². The van der Waals surface area contributed by atoms with Gasteiger partial charge >= 0.3 is 0 Å². The molecule has 0 saturated heterocycles. The van der Waals surface area contributed by atoms with Crippen LogP contribution in [0.4, 0.5) is 0 Å². The third-order valence-electron chi connectivity index (χ3n) is 2.04. The highest BCUT2D eigenvalue weighted by Crippen LogP contribution is 2.29. The first-order chi connectivity index (χ1) is 7.40. The zero-order valence-electron chi connectivity index (χ0n) is 8.95. The number of aryl methyl sites for hydroxylation is 1. The normalized spacial score (nSPS) is 13.4.